The summed E-state index contributed by atoms with van der Waals surface area (Å²) in [6.07, 6.45) is -0.0464. The van der Waals surface area contributed by atoms with Crippen LogP contribution in [0.4, 0.5) is 4.39 Å². The van der Waals surface area contributed by atoms with Crippen molar-refractivity contribution in [1.29, 1.82) is 0 Å². The van der Waals surface area contributed by atoms with Crippen molar-refractivity contribution in [2.75, 3.05) is 0 Å². The quantitative estimate of drug-likeness (QED) is 0.595. The lowest BCUT2D eigenvalue weighted by molar-refractivity contribution is -0.134. The Kier molecular flexibility index (Phi) is 6.34. The highest BCUT2D eigenvalue weighted by molar-refractivity contribution is 6.05. The number of ketones is 2. The Balaban J connectivity index is 3.97. The normalized spacial score (nSPS) is 12.9. The maximum absolute atomic E-state index is 13.2. The third-order valence-electron chi connectivity index (χ3n) is 1.95. The molecule has 0 aliphatic heterocycles. The maximum Gasteiger partial charge on any atom is 0.216 e. The molecule has 0 heterocycles. The highest BCUT2D eigenvalue weighted by atomic mass is 19.1. The van der Waals surface area contributed by atoms with Gasteiger partial charge in [0.2, 0.25) is 6.17 Å². The van der Waals surface area contributed by atoms with Crippen LogP contribution < -0.4 is 0 Å². The summed E-state index contributed by atoms with van der Waals surface area (Å²) < 4.78 is 13.2. The molecule has 14 heavy (non-hydrogen) atoms. The molecule has 1 unspecified atom stereocenters. The maximum atomic E-state index is 13.2. The molecule has 0 amide bonds. The lowest BCUT2D eigenvalue weighted by Crippen LogP contribution is -2.26. The van der Waals surface area contributed by atoms with E-state index in [1.54, 1.807) is 0 Å². The van der Waals surface area contributed by atoms with Gasteiger partial charge >= 0.3 is 0 Å². The van der Waals surface area contributed by atoms with Gasteiger partial charge in [-0.1, -0.05) is 27.2 Å². The zero-order valence-corrected chi connectivity index (χ0v) is 9.18. The molecule has 0 aromatic carbocycles. The van der Waals surface area contributed by atoms with Crippen molar-refractivity contribution in [3.8, 4) is 0 Å². The molecule has 0 spiro atoms. The molecule has 0 N–H and O–H groups in total. The molecular formula is C11H19FO2. The second kappa shape index (κ2) is 6.68. The Morgan fingerprint density at radius 3 is 2.21 bits per heavy atom. The van der Waals surface area contributed by atoms with Crippen LogP contribution in [0, 0.1) is 5.92 Å². The SMILES string of the molecule is CCCCC(=O)C(F)C(=O)CC(C)C. The van der Waals surface area contributed by atoms with Crippen LogP contribution in [0.3, 0.4) is 0 Å². The molecule has 0 fully saturated rings. The van der Waals surface area contributed by atoms with Crippen LogP contribution in [0.1, 0.15) is 46.5 Å². The van der Waals surface area contributed by atoms with Gasteiger partial charge in [-0.05, 0) is 12.3 Å². The number of carbonyl (C=O) groups is 2. The molecular weight excluding hydrogens is 183 g/mol. The van der Waals surface area contributed by atoms with Gasteiger partial charge < -0.3 is 0 Å². The summed E-state index contributed by atoms with van der Waals surface area (Å²) in [4.78, 5) is 22.3. The van der Waals surface area contributed by atoms with Crippen molar-refractivity contribution >= 4 is 11.6 Å². The standard InChI is InChI=1S/C11H19FO2/c1-4-5-6-9(13)11(12)10(14)7-8(2)3/h8,11H,4-7H2,1-3H3. The molecule has 0 radical (unpaired) electrons. The minimum atomic E-state index is -1.89. The molecule has 2 nitrogen and oxygen atoms in total. The fourth-order valence-electron chi connectivity index (χ4n) is 1.16. The number of hydrogen-bond acceptors (Lipinski definition) is 2. The topological polar surface area (TPSA) is 34.1 Å². The van der Waals surface area contributed by atoms with Gasteiger partial charge in [0.25, 0.3) is 0 Å². The van der Waals surface area contributed by atoms with E-state index in [1.165, 1.54) is 0 Å². The smallest absolute Gasteiger partial charge is 0.216 e. The predicted molar refractivity (Wildman–Crippen MR) is 53.9 cm³/mol. The van der Waals surface area contributed by atoms with E-state index in [4.69, 9.17) is 0 Å². The Bertz CT molecular complexity index is 199. The Morgan fingerprint density at radius 1 is 1.21 bits per heavy atom. The van der Waals surface area contributed by atoms with Crippen LogP contribution in [0.15, 0.2) is 0 Å². The van der Waals surface area contributed by atoms with Crippen LogP contribution >= 0.6 is 0 Å². The average Bonchev–Trinajstić information content (AvgIpc) is 2.11. The molecule has 0 saturated heterocycles. The van der Waals surface area contributed by atoms with E-state index in [9.17, 15) is 14.0 Å². The van der Waals surface area contributed by atoms with Crippen molar-refractivity contribution in [2.24, 2.45) is 5.92 Å². The summed E-state index contributed by atoms with van der Waals surface area (Å²) in [6, 6.07) is 0. The first kappa shape index (κ1) is 13.3. The van der Waals surface area contributed by atoms with Crippen molar-refractivity contribution in [2.45, 2.75) is 52.6 Å². The minimum absolute atomic E-state index is 0.111. The lowest BCUT2D eigenvalue weighted by atomic mass is 10.00. The van der Waals surface area contributed by atoms with Gasteiger partial charge in [-0.3, -0.25) is 9.59 Å². The molecule has 0 saturated carbocycles. The van der Waals surface area contributed by atoms with Gasteiger partial charge in [-0.15, -0.1) is 0 Å². The third-order valence-corrected chi connectivity index (χ3v) is 1.95. The van der Waals surface area contributed by atoms with E-state index in [0.29, 0.717) is 6.42 Å². The number of Topliss-reactive ketones (excluding diaryl/α,β-unsaturated/α-hetero) is 2. The molecule has 0 rings (SSSR count). The predicted octanol–water partition coefficient (Wildman–Crippen LogP) is 2.70. The van der Waals surface area contributed by atoms with Gasteiger partial charge in [0.1, 0.15) is 0 Å². The number of unbranched alkanes of at least 4 members (excludes halogenated alkanes) is 1. The molecule has 0 aromatic heterocycles. The van der Waals surface area contributed by atoms with Gasteiger partial charge in [-0.2, -0.15) is 0 Å². The molecule has 1 atom stereocenters. The van der Waals surface area contributed by atoms with E-state index in [2.05, 4.69) is 0 Å². The highest BCUT2D eigenvalue weighted by Gasteiger charge is 2.25. The summed E-state index contributed by atoms with van der Waals surface area (Å²) in [5.41, 5.74) is 0. The van der Waals surface area contributed by atoms with Crippen LogP contribution in [-0.4, -0.2) is 17.7 Å². The van der Waals surface area contributed by atoms with Gasteiger partial charge in [0.05, 0.1) is 0 Å². The summed E-state index contributed by atoms with van der Waals surface area (Å²) in [5, 5.41) is 0. The lowest BCUT2D eigenvalue weighted by Gasteiger charge is -2.07. The third kappa shape index (κ3) is 5.10. The van der Waals surface area contributed by atoms with Gasteiger partial charge in [0.15, 0.2) is 11.6 Å². The highest BCUT2D eigenvalue weighted by Crippen LogP contribution is 2.09. The van der Waals surface area contributed by atoms with Crippen LogP contribution in [-0.2, 0) is 9.59 Å². The van der Waals surface area contributed by atoms with Crippen molar-refractivity contribution in [3.05, 3.63) is 0 Å². The second-order valence-electron chi connectivity index (χ2n) is 4.00. The summed E-state index contributed by atoms with van der Waals surface area (Å²) in [6.45, 7) is 5.60. The molecule has 0 aromatic rings. The van der Waals surface area contributed by atoms with Crippen LogP contribution in [0.5, 0.6) is 0 Å². The number of rotatable bonds is 7. The molecule has 0 aliphatic rings. The monoisotopic (exact) mass is 202 g/mol. The number of alkyl halides is 1. The molecule has 0 aliphatic carbocycles. The molecule has 3 heteroatoms. The van der Waals surface area contributed by atoms with E-state index < -0.39 is 17.7 Å². The average molecular weight is 202 g/mol. The van der Waals surface area contributed by atoms with E-state index in [-0.39, 0.29) is 18.8 Å². The van der Waals surface area contributed by atoms with E-state index >= 15 is 0 Å². The van der Waals surface area contributed by atoms with E-state index in [0.717, 1.165) is 6.42 Å². The Morgan fingerprint density at radius 2 is 1.79 bits per heavy atom. The van der Waals surface area contributed by atoms with Crippen molar-refractivity contribution < 1.29 is 14.0 Å². The van der Waals surface area contributed by atoms with Gasteiger partial charge in [0, 0.05) is 12.8 Å². The van der Waals surface area contributed by atoms with Crippen molar-refractivity contribution in [1.82, 2.24) is 0 Å². The zero-order chi connectivity index (χ0) is 11.1. The first-order valence-corrected chi connectivity index (χ1v) is 5.18. The molecule has 0 bridgehead atoms. The first-order chi connectivity index (χ1) is 6.49. The number of carbonyl (C=O) groups excluding carboxylic acids is 2. The van der Waals surface area contributed by atoms with Crippen LogP contribution in [0.2, 0.25) is 0 Å². The minimum Gasteiger partial charge on any atom is -0.296 e. The summed E-state index contributed by atoms with van der Waals surface area (Å²) >= 11 is 0. The summed E-state index contributed by atoms with van der Waals surface area (Å²) in [5.74, 6) is -1.02. The fraction of sp³-hybridized carbons (Fsp3) is 0.818. The Hall–Kier alpha value is -0.730. The second-order valence-corrected chi connectivity index (χ2v) is 4.00. The first-order valence-electron chi connectivity index (χ1n) is 5.18. The largest absolute Gasteiger partial charge is 0.296 e. The Labute approximate surface area is 84.9 Å². The number of hydrogen-bond donors (Lipinski definition) is 0. The van der Waals surface area contributed by atoms with Gasteiger partial charge in [-0.25, -0.2) is 4.39 Å². The van der Waals surface area contributed by atoms with Crippen molar-refractivity contribution in [3.63, 3.8) is 0 Å². The fourth-order valence-corrected chi connectivity index (χ4v) is 1.16. The zero-order valence-electron chi connectivity index (χ0n) is 9.18. The van der Waals surface area contributed by atoms with Crippen LogP contribution in [0.25, 0.3) is 0 Å². The van der Waals surface area contributed by atoms with E-state index in [1.807, 2.05) is 20.8 Å². The number of halogens is 1. The summed E-state index contributed by atoms with van der Waals surface area (Å²) in [7, 11) is 0. The molecule has 82 valence electrons.